The van der Waals surface area contributed by atoms with E-state index in [1.54, 1.807) is 12.1 Å². The summed E-state index contributed by atoms with van der Waals surface area (Å²) >= 11 is 0. The summed E-state index contributed by atoms with van der Waals surface area (Å²) in [7, 11) is 0. The normalized spacial score (nSPS) is 10.2. The fraction of sp³-hybridized carbons (Fsp3) is 0.481. The van der Waals surface area contributed by atoms with Crippen LogP contribution in [0, 0.1) is 0 Å². The second-order valence-electron chi connectivity index (χ2n) is 15.0. The number of unbranched alkanes of at least 4 members (excludes halogenated alkanes) is 16. The Hall–Kier alpha value is -4.51. The Balaban J connectivity index is 0.000000393. The van der Waals surface area contributed by atoms with Gasteiger partial charge in [0.2, 0.25) is 0 Å². The molecule has 0 aliphatic heterocycles. The van der Waals surface area contributed by atoms with Crippen molar-refractivity contribution in [3.05, 3.63) is 137 Å². The quantitative estimate of drug-likeness (QED) is 0.0397. The van der Waals surface area contributed by atoms with Crippen LogP contribution in [0.5, 0.6) is 0 Å². The summed E-state index contributed by atoms with van der Waals surface area (Å²) in [5.41, 5.74) is 11.8. The lowest BCUT2D eigenvalue weighted by atomic mass is 10.0. The number of hydrogen-bond donors (Lipinski definition) is 2. The van der Waals surface area contributed by atoms with Crippen LogP contribution >= 0.6 is 0 Å². The first-order valence-electron chi connectivity index (χ1n) is 22.1. The molecule has 0 atom stereocenters. The Morgan fingerprint density at radius 3 is 1.16 bits per heavy atom. The number of hydrogen-bond acceptors (Lipinski definition) is 4. The number of benzene rings is 4. The van der Waals surface area contributed by atoms with Gasteiger partial charge in [-0.3, -0.25) is 9.59 Å². The van der Waals surface area contributed by atoms with Crippen LogP contribution in [-0.4, -0.2) is 23.6 Å². The van der Waals surface area contributed by atoms with Crippen LogP contribution in [0.1, 0.15) is 191 Å². The number of aryl methyl sites for hydroxylation is 3. The number of anilines is 1. The highest BCUT2D eigenvalue weighted by Gasteiger charge is 2.08. The molecule has 312 valence electrons. The number of carboxylic acid groups (broad SMARTS) is 1. The van der Waals surface area contributed by atoms with Crippen LogP contribution in [0.4, 0.5) is 5.69 Å². The lowest BCUT2D eigenvalue weighted by Crippen LogP contribution is -2.02. The molecule has 5 heteroatoms. The molecule has 0 unspecified atom stereocenters. The van der Waals surface area contributed by atoms with E-state index in [-0.39, 0.29) is 0 Å². The van der Waals surface area contributed by atoms with Crippen molar-refractivity contribution in [1.82, 2.24) is 0 Å². The first-order valence-corrected chi connectivity index (χ1v) is 22.1. The van der Waals surface area contributed by atoms with E-state index in [0.717, 1.165) is 60.6 Å². The summed E-state index contributed by atoms with van der Waals surface area (Å²) < 4.78 is 0. The predicted octanol–water partition coefficient (Wildman–Crippen LogP) is 14.8. The Kier molecular flexibility index (Phi) is 31.8. The maximum absolute atomic E-state index is 11.0. The molecule has 0 radical (unpaired) electrons. The third-order valence-electron chi connectivity index (χ3n) is 9.97. The molecule has 0 fully saturated rings. The third-order valence-corrected chi connectivity index (χ3v) is 9.97. The number of carboxylic acids is 1. The van der Waals surface area contributed by atoms with Crippen molar-refractivity contribution < 1.29 is 19.5 Å². The Morgan fingerprint density at radius 1 is 0.456 bits per heavy atom. The molecule has 0 aliphatic carbocycles. The van der Waals surface area contributed by atoms with Gasteiger partial charge in [-0.1, -0.05) is 208 Å². The Morgan fingerprint density at radius 2 is 0.807 bits per heavy atom. The Bertz CT molecular complexity index is 1530. The maximum atomic E-state index is 11.0. The lowest BCUT2D eigenvalue weighted by Gasteiger charge is -2.05. The molecule has 4 aromatic rings. The number of nitrogens with two attached hydrogens (primary N) is 1. The number of carbonyl (C=O) groups excluding carboxylic acids is 2. The van der Waals surface area contributed by atoms with Crippen molar-refractivity contribution in [3.63, 3.8) is 0 Å². The molecule has 0 amide bonds. The summed E-state index contributed by atoms with van der Waals surface area (Å²) in [4.78, 5) is 32.0. The molecule has 0 aliphatic rings. The summed E-state index contributed by atoms with van der Waals surface area (Å²) in [6, 6.07) is 32.7. The molecule has 3 N–H and O–H groups in total. The summed E-state index contributed by atoms with van der Waals surface area (Å²) in [5.74, 6) is -0.813. The molecule has 4 aromatic carbocycles. The third kappa shape index (κ3) is 27.7. The van der Waals surface area contributed by atoms with Crippen LogP contribution in [0.15, 0.2) is 103 Å². The van der Waals surface area contributed by atoms with Crippen LogP contribution in [0.2, 0.25) is 0 Å². The van der Waals surface area contributed by atoms with Crippen LogP contribution in [-0.2, 0) is 19.3 Å². The standard InChI is InChI=1S/C16H24O.C15H22O2.C15H22O.C6H7N/c1-2-3-4-5-6-7-8-9-15-10-12-16(14-17)13-11-15;1-2-3-4-5-6-7-10-13-11-8-9-12-14(13)15(16)17;1-2-3-4-5-6-7-8-14-9-11-15(13-16)12-10-14;7-6-4-2-1-3-5-6/h10-14H,2-9H2,1H3;8-9,11-12H,2-7,10H2,1H3,(H,16,17);9-13H,2-8H2,1H3;1-5H,7H2. The minimum absolute atomic E-state index is 0.459. The monoisotopic (exact) mass is 778 g/mol. The van der Waals surface area contributed by atoms with Crippen molar-refractivity contribution in [2.45, 2.75) is 162 Å². The molecule has 4 rings (SSSR count). The van der Waals surface area contributed by atoms with Gasteiger partial charge >= 0.3 is 5.97 Å². The van der Waals surface area contributed by atoms with Crippen LogP contribution < -0.4 is 5.73 Å². The molecule has 0 saturated carbocycles. The fourth-order valence-corrected chi connectivity index (χ4v) is 6.42. The predicted molar refractivity (Wildman–Crippen MR) is 244 cm³/mol. The van der Waals surface area contributed by atoms with Crippen molar-refractivity contribution in [2.24, 2.45) is 0 Å². The Labute approximate surface area is 346 Å². The highest BCUT2D eigenvalue weighted by molar-refractivity contribution is 5.89. The van der Waals surface area contributed by atoms with Crippen molar-refractivity contribution in [1.29, 1.82) is 0 Å². The van der Waals surface area contributed by atoms with Crippen molar-refractivity contribution >= 4 is 24.2 Å². The SMILES string of the molecule is CCCCCCCCCc1ccc(C=O)cc1.CCCCCCCCc1ccc(C=O)cc1.CCCCCCCCc1ccccc1C(=O)O.Nc1ccccc1. The second kappa shape index (κ2) is 35.9. The number of aromatic carboxylic acids is 1. The van der Waals surface area contributed by atoms with Gasteiger partial charge in [0.05, 0.1) is 5.56 Å². The summed E-state index contributed by atoms with van der Waals surface area (Å²) in [6.45, 7) is 6.71. The van der Waals surface area contributed by atoms with Crippen molar-refractivity contribution in [3.8, 4) is 0 Å². The molecule has 0 heterocycles. The molecule has 0 bridgehead atoms. The zero-order chi connectivity index (χ0) is 41.6. The number of para-hydroxylation sites is 1. The van der Waals surface area contributed by atoms with Gasteiger partial charge in [0.15, 0.2) is 0 Å². The average molecular weight is 778 g/mol. The van der Waals surface area contributed by atoms with Gasteiger partial charge in [-0.2, -0.15) is 0 Å². The molecule has 57 heavy (non-hydrogen) atoms. The molecule has 0 saturated heterocycles. The van der Waals surface area contributed by atoms with Gasteiger partial charge in [0, 0.05) is 16.8 Å². The van der Waals surface area contributed by atoms with E-state index < -0.39 is 5.97 Å². The molecule has 0 spiro atoms. The van der Waals surface area contributed by atoms with E-state index in [2.05, 4.69) is 45.0 Å². The average Bonchev–Trinajstić information content (AvgIpc) is 3.24. The minimum atomic E-state index is -0.813. The van der Waals surface area contributed by atoms with Gasteiger partial charge in [-0.25, -0.2) is 4.79 Å². The molecular formula is C52H75NO4. The smallest absolute Gasteiger partial charge is 0.335 e. The zero-order valence-corrected chi connectivity index (χ0v) is 35.8. The second-order valence-corrected chi connectivity index (χ2v) is 15.0. The zero-order valence-electron chi connectivity index (χ0n) is 35.8. The van der Waals surface area contributed by atoms with E-state index in [4.69, 9.17) is 10.8 Å². The van der Waals surface area contributed by atoms with E-state index in [9.17, 15) is 14.4 Å². The molecule has 5 nitrogen and oxygen atoms in total. The largest absolute Gasteiger partial charge is 0.478 e. The fourth-order valence-electron chi connectivity index (χ4n) is 6.42. The molecular weight excluding hydrogens is 703 g/mol. The number of aldehydes is 2. The summed E-state index contributed by atoms with van der Waals surface area (Å²) in [6.07, 6.45) is 29.9. The molecule has 0 aromatic heterocycles. The van der Waals surface area contributed by atoms with Gasteiger partial charge in [-0.15, -0.1) is 0 Å². The number of carbonyl (C=O) groups is 3. The first kappa shape index (κ1) is 50.5. The van der Waals surface area contributed by atoms with E-state index >= 15 is 0 Å². The van der Waals surface area contributed by atoms with Crippen molar-refractivity contribution in [2.75, 3.05) is 5.73 Å². The highest BCUT2D eigenvalue weighted by atomic mass is 16.4. The number of rotatable bonds is 25. The van der Waals surface area contributed by atoms with Gasteiger partial charge < -0.3 is 10.8 Å². The lowest BCUT2D eigenvalue weighted by molar-refractivity contribution is 0.0695. The van der Waals surface area contributed by atoms with Crippen LogP contribution in [0.3, 0.4) is 0 Å². The summed E-state index contributed by atoms with van der Waals surface area (Å²) in [5, 5.41) is 9.04. The van der Waals surface area contributed by atoms with E-state index in [1.807, 2.05) is 66.7 Å². The van der Waals surface area contributed by atoms with Gasteiger partial charge in [0.25, 0.3) is 0 Å². The van der Waals surface area contributed by atoms with E-state index in [1.165, 1.54) is 127 Å². The minimum Gasteiger partial charge on any atom is -0.478 e. The van der Waals surface area contributed by atoms with Gasteiger partial charge in [0.1, 0.15) is 12.6 Å². The number of nitrogen functional groups attached to an aromatic ring is 1. The highest BCUT2D eigenvalue weighted by Crippen LogP contribution is 2.15. The maximum Gasteiger partial charge on any atom is 0.335 e. The van der Waals surface area contributed by atoms with E-state index in [0.29, 0.717) is 5.56 Å². The van der Waals surface area contributed by atoms with Crippen LogP contribution in [0.25, 0.3) is 0 Å². The topological polar surface area (TPSA) is 97.5 Å². The van der Waals surface area contributed by atoms with Gasteiger partial charge in [-0.05, 0) is 73.4 Å². The first-order chi connectivity index (χ1) is 27.9.